The summed E-state index contributed by atoms with van der Waals surface area (Å²) < 4.78 is 32.3. The minimum Gasteiger partial charge on any atom is -0.481 e. The minimum atomic E-state index is -1.15. The van der Waals surface area contributed by atoms with Crippen molar-refractivity contribution in [2.75, 3.05) is 20.8 Å². The van der Waals surface area contributed by atoms with Crippen molar-refractivity contribution >= 4 is 47.8 Å². The van der Waals surface area contributed by atoms with Gasteiger partial charge >= 0.3 is 47.8 Å². The molecule has 0 aromatic rings. The summed E-state index contributed by atoms with van der Waals surface area (Å²) in [6.07, 6.45) is 26.6. The maximum absolute atomic E-state index is 13.2. The number of carboxylic acid groups (broad SMARTS) is 2. The number of carbonyl (C=O) groups is 8. The lowest BCUT2D eigenvalue weighted by Gasteiger charge is -2.66. The van der Waals surface area contributed by atoms with Crippen LogP contribution in [0.15, 0.2) is 37.5 Å². The fourth-order valence-corrected chi connectivity index (χ4v) is 24.1. The average molecular weight is 1420 g/mol. The van der Waals surface area contributed by atoms with Crippen LogP contribution in [0.2, 0.25) is 0 Å². The molecule has 572 valence electrons. The van der Waals surface area contributed by atoms with E-state index in [1.165, 1.54) is 39.2 Å². The number of carboxylic acids is 2. The van der Waals surface area contributed by atoms with Gasteiger partial charge in [-0.1, -0.05) is 75.1 Å². The lowest BCUT2D eigenvalue weighted by atomic mass is 9.40. The van der Waals surface area contributed by atoms with Crippen LogP contribution in [0.1, 0.15) is 276 Å². The molecule has 9 saturated carbocycles. The monoisotopic (exact) mass is 1420 g/mol. The molecule has 10 fully saturated rings. The van der Waals surface area contributed by atoms with Gasteiger partial charge in [-0.2, -0.15) is 0 Å². The molecule has 23 atom stereocenters. The summed E-state index contributed by atoms with van der Waals surface area (Å²) in [5.41, 5.74) is -1.99. The molecule has 9 aliphatic carbocycles. The summed E-state index contributed by atoms with van der Waals surface area (Å²) in [7, 11) is 2.63. The fourth-order valence-electron chi connectivity index (χ4n) is 24.1. The Hall–Kier alpha value is -5.14. The minimum absolute atomic E-state index is 0.00365. The average Bonchev–Trinajstić information content (AvgIpc) is 0.720. The number of aliphatic hydroxyl groups excluding tert-OH is 1. The maximum atomic E-state index is 13.2. The summed E-state index contributed by atoms with van der Waals surface area (Å²) >= 11 is 0. The molecule has 0 radical (unpaired) electrons. The van der Waals surface area contributed by atoms with Crippen molar-refractivity contribution < 1.29 is 92.3 Å². The van der Waals surface area contributed by atoms with Crippen molar-refractivity contribution in [2.45, 2.75) is 311 Å². The van der Waals surface area contributed by atoms with Crippen LogP contribution in [0.4, 0.5) is 0 Å². The van der Waals surface area contributed by atoms with E-state index in [0.29, 0.717) is 90.9 Å². The van der Waals surface area contributed by atoms with Crippen molar-refractivity contribution in [3.05, 3.63) is 37.5 Å². The summed E-state index contributed by atoms with van der Waals surface area (Å²) in [5, 5.41) is 50.8. The Balaban J connectivity index is 0.000000204. The molecular formula is C82H130O19. The van der Waals surface area contributed by atoms with E-state index in [9.17, 15) is 63.9 Å². The number of rotatable bonds is 19. The van der Waals surface area contributed by atoms with Crippen molar-refractivity contribution in [1.29, 1.82) is 0 Å². The number of carbonyl (C=O) groups excluding carboxylic acids is 6. The summed E-state index contributed by atoms with van der Waals surface area (Å²) in [6, 6.07) is 0. The zero-order valence-corrected chi connectivity index (χ0v) is 64.2. The van der Waals surface area contributed by atoms with Crippen LogP contribution in [0.25, 0.3) is 0 Å². The normalized spacial score (nSPS) is 41.1. The van der Waals surface area contributed by atoms with Gasteiger partial charge < -0.3 is 54.0 Å². The Labute approximate surface area is 603 Å². The Bertz CT molecular complexity index is 2990. The summed E-state index contributed by atoms with van der Waals surface area (Å²) in [5.74, 6) is -0.446. The summed E-state index contributed by atoms with van der Waals surface area (Å²) in [6.45, 7) is 35.7. The van der Waals surface area contributed by atoms with Crippen LogP contribution in [0, 0.1) is 97.1 Å². The second-order valence-electron chi connectivity index (χ2n) is 35.5. The molecule has 101 heavy (non-hydrogen) atoms. The quantitative estimate of drug-likeness (QED) is 0.0456. The number of aliphatic hydroxyl groups is 3. The SMILES string of the molecule is C=C(CC)C(=O)OC.C=CC(=O)OC1CC[C@@]2(C)C(CC[C@]3(C)C2CC[C@](C)(O)C3CCC(=O)O)C1.C=CC(=O)OC1CC[C@@]2(C)C(CC[C@]3(C)C2CC[C@]2(C)OC(=O)CCC32)C1.CCC(CC(C)(CO)C(=O)OC)C(=O)OC1CC[C@@]2(C)C(CC[C@]3(C)C2CC[C@](C)(O)C3CCC(=O)O)C1. The Morgan fingerprint density at radius 2 is 0.950 bits per heavy atom. The van der Waals surface area contributed by atoms with Gasteiger partial charge in [0.1, 0.15) is 23.9 Å². The van der Waals surface area contributed by atoms with E-state index in [4.69, 9.17) is 23.7 Å². The van der Waals surface area contributed by atoms with E-state index in [-0.39, 0.29) is 112 Å². The van der Waals surface area contributed by atoms with Crippen LogP contribution in [-0.4, -0.2) is 129 Å². The van der Waals surface area contributed by atoms with Gasteiger partial charge in [-0.15, -0.1) is 0 Å². The molecule has 0 spiro atoms. The number of fused-ring (bicyclic) bond motifs is 11. The number of esters is 6. The van der Waals surface area contributed by atoms with Crippen molar-refractivity contribution in [2.24, 2.45) is 97.1 Å². The van der Waals surface area contributed by atoms with Gasteiger partial charge in [0.05, 0.1) is 43.4 Å². The largest absolute Gasteiger partial charge is 0.481 e. The van der Waals surface area contributed by atoms with Gasteiger partial charge in [0.2, 0.25) is 0 Å². The molecule has 5 N–H and O–H groups in total. The molecule has 0 amide bonds. The van der Waals surface area contributed by atoms with Crippen LogP contribution >= 0.6 is 0 Å². The summed E-state index contributed by atoms with van der Waals surface area (Å²) in [4.78, 5) is 93.6. The first-order valence-corrected chi connectivity index (χ1v) is 38.5. The maximum Gasteiger partial charge on any atom is 0.333 e. The topological polar surface area (TPSA) is 293 Å². The van der Waals surface area contributed by atoms with Crippen molar-refractivity contribution in [3.8, 4) is 0 Å². The Morgan fingerprint density at radius 1 is 0.554 bits per heavy atom. The van der Waals surface area contributed by atoms with Gasteiger partial charge in [0.25, 0.3) is 0 Å². The highest BCUT2D eigenvalue weighted by Crippen LogP contribution is 2.71. The molecule has 1 saturated heterocycles. The number of methoxy groups -OCH3 is 2. The van der Waals surface area contributed by atoms with E-state index in [2.05, 4.69) is 72.9 Å². The molecule has 19 nitrogen and oxygen atoms in total. The van der Waals surface area contributed by atoms with E-state index in [0.717, 1.165) is 122 Å². The highest BCUT2D eigenvalue weighted by Gasteiger charge is 2.67. The van der Waals surface area contributed by atoms with E-state index < -0.39 is 47.0 Å². The molecule has 14 unspecified atom stereocenters. The third kappa shape index (κ3) is 17.4. The molecule has 0 aromatic carbocycles. The molecule has 0 bridgehead atoms. The highest BCUT2D eigenvalue weighted by atomic mass is 16.6. The highest BCUT2D eigenvalue weighted by molar-refractivity contribution is 5.87. The van der Waals surface area contributed by atoms with Crippen molar-refractivity contribution in [3.63, 3.8) is 0 Å². The lowest BCUT2D eigenvalue weighted by Crippen LogP contribution is -2.63. The molecule has 1 heterocycles. The van der Waals surface area contributed by atoms with Gasteiger partial charge in [0.15, 0.2) is 0 Å². The van der Waals surface area contributed by atoms with Crippen LogP contribution in [0.3, 0.4) is 0 Å². The molecule has 10 rings (SSSR count). The van der Waals surface area contributed by atoms with E-state index in [1.807, 2.05) is 27.7 Å². The number of ether oxygens (including phenoxy) is 6. The van der Waals surface area contributed by atoms with E-state index in [1.54, 1.807) is 6.92 Å². The lowest BCUT2D eigenvalue weighted by molar-refractivity contribution is -0.230. The molecule has 19 heteroatoms. The van der Waals surface area contributed by atoms with Gasteiger partial charge in [-0.25, -0.2) is 14.4 Å². The Kier molecular flexibility index (Phi) is 26.9. The molecule has 10 aliphatic rings. The molecular weight excluding hydrogens is 1290 g/mol. The van der Waals surface area contributed by atoms with Gasteiger partial charge in [-0.3, -0.25) is 24.0 Å². The van der Waals surface area contributed by atoms with E-state index >= 15 is 0 Å². The number of aliphatic carboxylic acids is 2. The number of hydrogen-bond donors (Lipinski definition) is 5. The van der Waals surface area contributed by atoms with Crippen LogP contribution < -0.4 is 0 Å². The van der Waals surface area contributed by atoms with Gasteiger partial charge in [0, 0.05) is 42.9 Å². The second-order valence-corrected chi connectivity index (χ2v) is 35.5. The Morgan fingerprint density at radius 3 is 1.32 bits per heavy atom. The first-order chi connectivity index (χ1) is 47.1. The second kappa shape index (κ2) is 32.7. The predicted octanol–water partition coefficient (Wildman–Crippen LogP) is 15.0. The van der Waals surface area contributed by atoms with Crippen LogP contribution in [-0.2, 0) is 66.8 Å². The first kappa shape index (κ1) is 83.1. The fraction of sp³-hybridized carbons (Fsp3) is 0.829. The number of hydrogen-bond acceptors (Lipinski definition) is 17. The zero-order chi connectivity index (χ0) is 75.3. The third-order valence-electron chi connectivity index (χ3n) is 29.7. The molecule has 0 aromatic heterocycles. The predicted molar refractivity (Wildman–Crippen MR) is 383 cm³/mol. The third-order valence-corrected chi connectivity index (χ3v) is 29.7. The van der Waals surface area contributed by atoms with Crippen molar-refractivity contribution in [1.82, 2.24) is 0 Å². The van der Waals surface area contributed by atoms with Crippen LogP contribution in [0.5, 0.6) is 0 Å². The first-order valence-electron chi connectivity index (χ1n) is 38.5. The standard InChI is InChI=1S/C30H50O8.C23H36O5.C23H34O4.C6H10O2/c1-7-19(17-27(2,18-31)26(35)37-6)25(34)38-21-11-14-28(3)20(16-21)10-13-29(4)22(28)12-15-30(5,36)23(29)8-9-24(32)33;1-5-20(26)28-16-9-12-21(2)15(14-16)8-11-22(3)17(21)10-13-23(4,27)18(22)6-7-19(24)25;1-5-19(24)26-16-9-12-21(2)15(14-16)8-11-22(3)17(21)10-13-23(4)18(22)6-7-20(25)27-23;1-4-5(2)6(7)8-3/h19-23,31,36H,7-18H2,1-6H3,(H,32,33);5,15-18,27H,1,6-14H2,2-4H3,(H,24,25);5,15-18H,1,6-14H2,2-4H3;2,4H2,1,3H3/t19?,20?,21?,22?,23?,27?,28-,29+,30-;2*15?,16?,17?,18?,21-,22+,23-;/m000./s1. The smallest absolute Gasteiger partial charge is 0.333 e. The molecule has 1 aliphatic heterocycles. The van der Waals surface area contributed by atoms with Gasteiger partial charge in [-0.05, 0) is 281 Å². The zero-order valence-electron chi connectivity index (χ0n) is 64.2.